The van der Waals surface area contributed by atoms with Crippen LogP contribution in [-0.4, -0.2) is 51.1 Å². The average molecular weight is 595 g/mol. The number of fused-ring (bicyclic) bond motifs is 1. The first kappa shape index (κ1) is 24.3. The molecular weight excluding hydrogens is 569 g/mol. The van der Waals surface area contributed by atoms with Gasteiger partial charge in [0.1, 0.15) is 36.1 Å². The van der Waals surface area contributed by atoms with Crippen molar-refractivity contribution in [2.75, 3.05) is 24.6 Å². The molecule has 0 spiro atoms. The summed E-state index contributed by atoms with van der Waals surface area (Å²) in [4.78, 5) is 6.95. The highest BCUT2D eigenvalue weighted by molar-refractivity contribution is 14.1. The highest BCUT2D eigenvalue weighted by Crippen LogP contribution is 2.32. The van der Waals surface area contributed by atoms with Crippen LogP contribution in [0.3, 0.4) is 0 Å². The van der Waals surface area contributed by atoms with Gasteiger partial charge in [-0.3, -0.25) is 0 Å². The number of halogens is 1. The number of aliphatic hydroxyl groups is 1. The Bertz CT molecular complexity index is 1410. The molecule has 0 bridgehead atoms. The zero-order valence-electron chi connectivity index (χ0n) is 20.1. The van der Waals surface area contributed by atoms with Gasteiger partial charge in [0.15, 0.2) is 0 Å². The molecule has 9 heteroatoms. The van der Waals surface area contributed by atoms with Gasteiger partial charge in [0.2, 0.25) is 0 Å². The number of hydrogen-bond donors (Lipinski definition) is 1. The van der Waals surface area contributed by atoms with E-state index in [1.54, 1.807) is 30.8 Å². The van der Waals surface area contributed by atoms with Gasteiger partial charge < -0.3 is 19.5 Å². The lowest BCUT2D eigenvalue weighted by atomic mass is 10.1. The van der Waals surface area contributed by atoms with Crippen molar-refractivity contribution in [3.63, 3.8) is 0 Å². The summed E-state index contributed by atoms with van der Waals surface area (Å²) in [6, 6.07) is 16.2. The van der Waals surface area contributed by atoms with Crippen molar-refractivity contribution in [1.82, 2.24) is 14.6 Å². The quantitative estimate of drug-likeness (QED) is 0.310. The Hall–Kier alpha value is -3.36. The number of anilines is 1. The van der Waals surface area contributed by atoms with Gasteiger partial charge in [-0.15, -0.1) is 0 Å². The van der Waals surface area contributed by atoms with Crippen LogP contribution >= 0.6 is 22.6 Å². The fourth-order valence-corrected chi connectivity index (χ4v) is 4.57. The third-order valence-electron chi connectivity index (χ3n) is 5.94. The molecule has 5 rings (SSSR count). The molecule has 36 heavy (non-hydrogen) atoms. The highest BCUT2D eigenvalue weighted by atomic mass is 127. The first-order chi connectivity index (χ1) is 17.3. The summed E-state index contributed by atoms with van der Waals surface area (Å²) in [5.41, 5.74) is 1.82. The Kier molecular flexibility index (Phi) is 6.73. The number of ether oxygens (including phenoxy) is 2. The normalized spacial score (nSPS) is 15.8. The summed E-state index contributed by atoms with van der Waals surface area (Å²) in [7, 11) is 0. The molecule has 8 nitrogen and oxygen atoms in total. The van der Waals surface area contributed by atoms with E-state index in [1.165, 1.54) is 3.57 Å². The molecule has 1 saturated heterocycles. The zero-order valence-corrected chi connectivity index (χ0v) is 22.2. The molecule has 0 unspecified atom stereocenters. The monoisotopic (exact) mass is 595 g/mol. The summed E-state index contributed by atoms with van der Waals surface area (Å²) >= 11 is 2.29. The van der Waals surface area contributed by atoms with Crippen molar-refractivity contribution in [3.8, 4) is 28.7 Å². The van der Waals surface area contributed by atoms with Gasteiger partial charge in [0.25, 0.3) is 0 Å². The van der Waals surface area contributed by atoms with Crippen LogP contribution < -0.4 is 14.4 Å². The summed E-state index contributed by atoms with van der Waals surface area (Å²) in [6.07, 6.45) is 6.11. The van der Waals surface area contributed by atoms with E-state index in [0.29, 0.717) is 16.8 Å². The first-order valence-electron chi connectivity index (χ1n) is 11.7. The summed E-state index contributed by atoms with van der Waals surface area (Å²) in [6.45, 7) is 5.13. The van der Waals surface area contributed by atoms with Gasteiger partial charge >= 0.3 is 0 Å². The standard InChI is InChI=1S/C27H26IN5O3/c1-27(2,34)17-35-23-11-24(26-19(12-29)14-31-33(26)16-23)18-3-8-25(30-13-18)32-10-9-22(15-32)36-21-6-4-20(28)5-7-21/h3-8,11,13-14,16,22,34H,9-10,15,17H2,1-2H3/t22-/m0/s1. The van der Waals surface area contributed by atoms with E-state index < -0.39 is 5.60 Å². The minimum atomic E-state index is -0.976. The van der Waals surface area contributed by atoms with E-state index in [9.17, 15) is 10.4 Å². The molecule has 184 valence electrons. The molecular formula is C27H26IN5O3. The van der Waals surface area contributed by atoms with Gasteiger partial charge in [-0.1, -0.05) is 0 Å². The lowest BCUT2D eigenvalue weighted by Crippen LogP contribution is -2.27. The number of hydrogen-bond acceptors (Lipinski definition) is 7. The van der Waals surface area contributed by atoms with Gasteiger partial charge in [0, 0.05) is 33.9 Å². The van der Waals surface area contributed by atoms with Gasteiger partial charge in [-0.05, 0) is 78.9 Å². The summed E-state index contributed by atoms with van der Waals surface area (Å²) in [5.74, 6) is 2.31. The third-order valence-corrected chi connectivity index (χ3v) is 6.66. The molecule has 1 aromatic carbocycles. The van der Waals surface area contributed by atoms with Crippen LogP contribution in [0, 0.1) is 14.9 Å². The van der Waals surface area contributed by atoms with E-state index in [2.05, 4.69) is 38.7 Å². The van der Waals surface area contributed by atoms with Crippen LogP contribution in [0.2, 0.25) is 0 Å². The number of rotatable bonds is 7. The lowest BCUT2D eigenvalue weighted by Gasteiger charge is -2.19. The highest BCUT2D eigenvalue weighted by Gasteiger charge is 2.25. The fourth-order valence-electron chi connectivity index (χ4n) is 4.21. The first-order valence-corrected chi connectivity index (χ1v) is 12.8. The minimum Gasteiger partial charge on any atom is -0.489 e. The maximum Gasteiger partial charge on any atom is 0.138 e. The maximum absolute atomic E-state index is 10.1. The Morgan fingerprint density at radius 2 is 1.97 bits per heavy atom. The van der Waals surface area contributed by atoms with Crippen LogP contribution in [0.5, 0.6) is 11.5 Å². The van der Waals surface area contributed by atoms with Gasteiger partial charge in [-0.2, -0.15) is 10.4 Å². The number of pyridine rings is 2. The van der Waals surface area contributed by atoms with Crippen molar-refractivity contribution in [1.29, 1.82) is 5.26 Å². The summed E-state index contributed by atoms with van der Waals surface area (Å²) < 4.78 is 14.8. The van der Waals surface area contributed by atoms with Crippen molar-refractivity contribution < 1.29 is 14.6 Å². The molecule has 1 atom stereocenters. The number of aromatic nitrogens is 3. The van der Waals surface area contributed by atoms with E-state index in [-0.39, 0.29) is 12.7 Å². The maximum atomic E-state index is 10.1. The number of nitriles is 1. The van der Waals surface area contributed by atoms with E-state index >= 15 is 0 Å². The number of nitrogens with zero attached hydrogens (tertiary/aromatic N) is 5. The van der Waals surface area contributed by atoms with Crippen LogP contribution in [0.15, 0.2) is 61.1 Å². The predicted molar refractivity (Wildman–Crippen MR) is 145 cm³/mol. The topological polar surface area (TPSA) is 95.9 Å². The number of benzene rings is 1. The van der Waals surface area contributed by atoms with Crippen molar-refractivity contribution >= 4 is 33.9 Å². The Labute approximate surface area is 223 Å². The average Bonchev–Trinajstić information content (AvgIpc) is 3.50. The molecule has 0 amide bonds. The van der Waals surface area contributed by atoms with E-state index in [0.717, 1.165) is 42.2 Å². The molecule has 0 radical (unpaired) electrons. The molecule has 1 aliphatic heterocycles. The molecule has 3 aromatic heterocycles. The predicted octanol–water partition coefficient (Wildman–Crippen LogP) is 4.68. The minimum absolute atomic E-state index is 0.112. The second kappa shape index (κ2) is 9.95. The van der Waals surface area contributed by atoms with Gasteiger partial charge in [-0.25, -0.2) is 9.50 Å². The summed E-state index contributed by atoms with van der Waals surface area (Å²) in [5, 5.41) is 24.0. The molecule has 4 aromatic rings. The van der Waals surface area contributed by atoms with E-state index in [1.807, 2.05) is 48.7 Å². The van der Waals surface area contributed by atoms with Crippen molar-refractivity contribution in [2.45, 2.75) is 32.0 Å². The SMILES string of the molecule is CC(C)(O)COc1cc(-c2ccc(N3CC[C@H](Oc4ccc(I)cc4)C3)nc2)c2c(C#N)cnn2c1. The largest absolute Gasteiger partial charge is 0.489 e. The van der Waals surface area contributed by atoms with Crippen LogP contribution in [0.1, 0.15) is 25.8 Å². The molecule has 1 N–H and O–H groups in total. The fraction of sp³-hybridized carbons (Fsp3) is 0.296. The zero-order chi connectivity index (χ0) is 25.3. The smallest absolute Gasteiger partial charge is 0.138 e. The molecule has 0 aliphatic carbocycles. The second-order valence-corrected chi connectivity index (χ2v) is 10.7. The van der Waals surface area contributed by atoms with Crippen LogP contribution in [0.4, 0.5) is 5.82 Å². The molecule has 1 aliphatic rings. The molecule has 4 heterocycles. The van der Waals surface area contributed by atoms with Crippen LogP contribution in [-0.2, 0) is 0 Å². The Morgan fingerprint density at radius 3 is 2.67 bits per heavy atom. The Morgan fingerprint density at radius 1 is 1.17 bits per heavy atom. The third kappa shape index (κ3) is 5.39. The van der Waals surface area contributed by atoms with Crippen molar-refractivity contribution in [2.24, 2.45) is 0 Å². The molecule has 0 saturated carbocycles. The molecule has 1 fully saturated rings. The van der Waals surface area contributed by atoms with Crippen molar-refractivity contribution in [3.05, 3.63) is 70.2 Å². The lowest BCUT2D eigenvalue weighted by molar-refractivity contribution is 0.0283. The second-order valence-electron chi connectivity index (χ2n) is 9.49. The van der Waals surface area contributed by atoms with E-state index in [4.69, 9.17) is 14.5 Å². The van der Waals surface area contributed by atoms with Gasteiger partial charge in [0.05, 0.1) is 35.6 Å². The van der Waals surface area contributed by atoms with Crippen LogP contribution in [0.25, 0.3) is 16.6 Å². The Balaban J connectivity index is 1.37.